The predicted molar refractivity (Wildman–Crippen MR) is 132 cm³/mol. The van der Waals surface area contributed by atoms with E-state index in [4.69, 9.17) is 10.1 Å². The minimum Gasteiger partial charge on any atom is -0.442 e. The van der Waals surface area contributed by atoms with E-state index in [1.807, 2.05) is 0 Å². The number of carbonyl (C=O) groups excluding carboxylic acids is 2. The van der Waals surface area contributed by atoms with Crippen molar-refractivity contribution in [1.82, 2.24) is 15.1 Å². The molecule has 12 heteroatoms. The van der Waals surface area contributed by atoms with E-state index in [-0.39, 0.29) is 53.5 Å². The van der Waals surface area contributed by atoms with E-state index >= 15 is 0 Å². The molecule has 0 spiro atoms. The quantitative estimate of drug-likeness (QED) is 0.309. The van der Waals surface area contributed by atoms with E-state index in [0.717, 1.165) is 12.1 Å². The van der Waals surface area contributed by atoms with Crippen LogP contribution in [0, 0.1) is 11.2 Å². The van der Waals surface area contributed by atoms with E-state index in [2.05, 4.69) is 10.4 Å². The van der Waals surface area contributed by atoms with Gasteiger partial charge in [-0.05, 0) is 36.8 Å². The van der Waals surface area contributed by atoms with Crippen molar-refractivity contribution >= 4 is 23.4 Å². The molecular weight excluding hydrogens is 506 g/mol. The molecule has 200 valence electrons. The van der Waals surface area contributed by atoms with Crippen molar-refractivity contribution < 1.29 is 31.9 Å². The van der Waals surface area contributed by atoms with Crippen LogP contribution in [-0.4, -0.2) is 46.7 Å². The zero-order valence-corrected chi connectivity index (χ0v) is 20.6. The van der Waals surface area contributed by atoms with Gasteiger partial charge in [0.15, 0.2) is 0 Å². The predicted octanol–water partition coefficient (Wildman–Crippen LogP) is 5.19. The number of cyclic esters (lactones) is 1. The van der Waals surface area contributed by atoms with Crippen molar-refractivity contribution in [3.8, 4) is 11.1 Å². The molecule has 0 saturated carbocycles. The smallest absolute Gasteiger partial charge is 0.417 e. The van der Waals surface area contributed by atoms with Gasteiger partial charge in [0.1, 0.15) is 11.9 Å². The summed E-state index contributed by atoms with van der Waals surface area (Å²) in [6.45, 7) is 3.34. The summed E-state index contributed by atoms with van der Waals surface area (Å²) in [5, 5.41) is 15.1. The fourth-order valence-electron chi connectivity index (χ4n) is 4.21. The van der Waals surface area contributed by atoms with Crippen LogP contribution in [-0.2, 0) is 15.7 Å². The first-order valence-corrected chi connectivity index (χ1v) is 11.7. The summed E-state index contributed by atoms with van der Waals surface area (Å²) in [6, 6.07) is 8.78. The monoisotopic (exact) mass is 531 g/mol. The molecule has 0 aliphatic carbocycles. The molecule has 1 aliphatic rings. The van der Waals surface area contributed by atoms with Gasteiger partial charge in [0.05, 0.1) is 36.6 Å². The summed E-state index contributed by atoms with van der Waals surface area (Å²) < 4.78 is 61.8. The van der Waals surface area contributed by atoms with Crippen molar-refractivity contribution in [2.24, 2.45) is 0 Å². The molecule has 0 radical (unpaired) electrons. The third kappa shape index (κ3) is 5.84. The lowest BCUT2D eigenvalue weighted by molar-refractivity contribution is -0.137. The first-order valence-electron chi connectivity index (χ1n) is 11.7. The number of nitrogens with one attached hydrogen (secondary N) is 2. The highest BCUT2D eigenvalue weighted by Gasteiger charge is 2.34. The highest BCUT2D eigenvalue weighted by molar-refractivity contribution is 5.99. The third-order valence-corrected chi connectivity index (χ3v) is 6.14. The number of alkyl halides is 3. The highest BCUT2D eigenvalue weighted by Crippen LogP contribution is 2.37. The molecule has 2 atom stereocenters. The first-order chi connectivity index (χ1) is 17.9. The van der Waals surface area contributed by atoms with Crippen molar-refractivity contribution in [2.75, 3.05) is 18.0 Å². The summed E-state index contributed by atoms with van der Waals surface area (Å²) in [5.74, 6) is -0.974. The van der Waals surface area contributed by atoms with Crippen molar-refractivity contribution in [3.63, 3.8) is 0 Å². The van der Waals surface area contributed by atoms with Crippen LogP contribution in [0.4, 0.5) is 28.0 Å². The minimum absolute atomic E-state index is 0.00471. The van der Waals surface area contributed by atoms with Gasteiger partial charge in [-0.2, -0.15) is 18.3 Å². The summed E-state index contributed by atoms with van der Waals surface area (Å²) in [6.07, 6.45) is -2.91. The van der Waals surface area contributed by atoms with Gasteiger partial charge in [0.25, 0.3) is 0 Å². The number of aromatic nitrogens is 2. The number of amides is 2. The Morgan fingerprint density at radius 3 is 2.68 bits per heavy atom. The lowest BCUT2D eigenvalue weighted by atomic mass is 10.0. The summed E-state index contributed by atoms with van der Waals surface area (Å²) >= 11 is 0. The number of anilines is 1. The van der Waals surface area contributed by atoms with Crippen molar-refractivity contribution in [1.29, 1.82) is 5.41 Å². The fraction of sp³-hybridized carbons (Fsp3) is 0.308. The molecule has 3 aromatic rings. The Bertz CT molecular complexity index is 1370. The normalized spacial score (nSPS) is 16.3. The number of hydrogen-bond donors (Lipinski definition) is 2. The van der Waals surface area contributed by atoms with Gasteiger partial charge in [0, 0.05) is 36.4 Å². The maximum Gasteiger partial charge on any atom is 0.417 e. The molecule has 2 amide bonds. The second-order valence-corrected chi connectivity index (χ2v) is 9.00. The number of carbonyl (C=O) groups is 2. The van der Waals surface area contributed by atoms with Gasteiger partial charge in [-0.15, -0.1) is 0 Å². The van der Waals surface area contributed by atoms with Crippen LogP contribution >= 0.6 is 0 Å². The second-order valence-electron chi connectivity index (χ2n) is 9.00. The SMILES string of the molecule is CC(=O)NC[C@H]1CN(c2ccc(C(=N)C[C@H](C)n3cc(-c4ccccc4C(F)(F)F)cn3)c(F)c2)C(=O)O1. The number of rotatable bonds is 8. The molecular formula is C26H25F4N5O3. The lowest BCUT2D eigenvalue weighted by Crippen LogP contribution is -2.33. The van der Waals surface area contributed by atoms with Crippen LogP contribution in [0.1, 0.15) is 37.4 Å². The third-order valence-electron chi connectivity index (χ3n) is 6.14. The second kappa shape index (κ2) is 10.6. The van der Waals surface area contributed by atoms with Crippen LogP contribution in [0.5, 0.6) is 0 Å². The molecule has 0 bridgehead atoms. The van der Waals surface area contributed by atoms with Gasteiger partial charge in [0.2, 0.25) is 5.91 Å². The van der Waals surface area contributed by atoms with Crippen molar-refractivity contribution in [3.05, 3.63) is 71.8 Å². The zero-order valence-electron chi connectivity index (χ0n) is 20.6. The topological polar surface area (TPSA) is 100 Å². The Labute approximate surface area is 215 Å². The van der Waals surface area contributed by atoms with E-state index in [9.17, 15) is 27.2 Å². The van der Waals surface area contributed by atoms with E-state index in [1.165, 1.54) is 59.2 Å². The number of benzene rings is 2. The minimum atomic E-state index is -4.52. The Balaban J connectivity index is 1.44. The van der Waals surface area contributed by atoms with Crippen molar-refractivity contribution in [2.45, 2.75) is 38.6 Å². The Hall–Kier alpha value is -4.22. The Kier molecular flexibility index (Phi) is 7.51. The molecule has 1 fully saturated rings. The van der Waals surface area contributed by atoms with Crippen LogP contribution in [0.2, 0.25) is 0 Å². The average molecular weight is 532 g/mol. The van der Waals surface area contributed by atoms with E-state index < -0.39 is 35.8 Å². The van der Waals surface area contributed by atoms with Crippen LogP contribution in [0.15, 0.2) is 54.9 Å². The van der Waals surface area contributed by atoms with Gasteiger partial charge in [-0.25, -0.2) is 9.18 Å². The zero-order chi connectivity index (χ0) is 27.6. The summed E-state index contributed by atoms with van der Waals surface area (Å²) in [7, 11) is 0. The lowest BCUT2D eigenvalue weighted by Gasteiger charge is -2.16. The van der Waals surface area contributed by atoms with Gasteiger partial charge in [-0.3, -0.25) is 14.4 Å². The largest absolute Gasteiger partial charge is 0.442 e. The molecule has 0 unspecified atom stereocenters. The number of hydrogen-bond acceptors (Lipinski definition) is 5. The summed E-state index contributed by atoms with van der Waals surface area (Å²) in [4.78, 5) is 24.5. The fourth-order valence-corrected chi connectivity index (χ4v) is 4.21. The van der Waals surface area contributed by atoms with E-state index in [1.54, 1.807) is 6.92 Å². The summed E-state index contributed by atoms with van der Waals surface area (Å²) in [5.41, 5.74) is -0.261. The Morgan fingerprint density at radius 1 is 1.26 bits per heavy atom. The molecule has 1 aliphatic heterocycles. The standard InChI is InChI=1S/C26H25F4N5O3/c1-15(35-13-17(11-33-35)20-5-3-4-6-22(20)26(28,29)30)9-24(31)21-8-7-18(10-23(21)27)34-14-19(38-25(34)37)12-32-16(2)36/h3-8,10-11,13,15,19,31H,9,12,14H2,1-2H3,(H,32,36)/t15-,19-/m0/s1. The number of nitrogens with zero attached hydrogens (tertiary/aromatic N) is 3. The maximum atomic E-state index is 15.0. The van der Waals surface area contributed by atoms with Gasteiger partial charge >= 0.3 is 12.3 Å². The first kappa shape index (κ1) is 26.8. The van der Waals surface area contributed by atoms with Crippen LogP contribution in [0.25, 0.3) is 11.1 Å². The van der Waals surface area contributed by atoms with E-state index in [0.29, 0.717) is 0 Å². The molecule has 2 aromatic carbocycles. The maximum absolute atomic E-state index is 15.0. The number of ether oxygens (including phenoxy) is 1. The Morgan fingerprint density at radius 2 is 2.00 bits per heavy atom. The molecule has 2 N–H and O–H groups in total. The molecule has 2 heterocycles. The van der Waals surface area contributed by atoms with Gasteiger partial charge in [-0.1, -0.05) is 18.2 Å². The van der Waals surface area contributed by atoms with Crippen LogP contribution < -0.4 is 10.2 Å². The molecule has 4 rings (SSSR count). The highest BCUT2D eigenvalue weighted by atomic mass is 19.4. The molecule has 1 saturated heterocycles. The van der Waals surface area contributed by atoms with Crippen LogP contribution in [0.3, 0.4) is 0 Å². The number of halogens is 4. The molecule has 38 heavy (non-hydrogen) atoms. The average Bonchev–Trinajstić information content (AvgIpc) is 3.49. The molecule has 1 aromatic heterocycles. The van der Waals surface area contributed by atoms with Gasteiger partial charge < -0.3 is 15.5 Å². The molecule has 8 nitrogen and oxygen atoms in total.